The molecule has 0 atom stereocenters. The second-order valence-electron chi connectivity index (χ2n) is 4.58. The normalized spacial score (nSPS) is 11.6. The van der Waals surface area contributed by atoms with E-state index in [2.05, 4.69) is 0 Å². The van der Waals surface area contributed by atoms with Gasteiger partial charge in [0.1, 0.15) is 0 Å². The van der Waals surface area contributed by atoms with Crippen LogP contribution >= 0.6 is 0 Å². The van der Waals surface area contributed by atoms with Crippen LogP contribution in [-0.4, -0.2) is 0 Å². The fourth-order valence-corrected chi connectivity index (χ4v) is 1.98. The maximum Gasteiger partial charge on any atom is 0.416 e. The maximum atomic E-state index is 12.7. The smallest absolute Gasteiger partial charge is 0.398 e. The zero-order chi connectivity index (χ0) is 14.0. The number of hydrogen-bond acceptors (Lipinski definition) is 1. The highest BCUT2D eigenvalue weighted by Crippen LogP contribution is 2.31. The summed E-state index contributed by atoms with van der Waals surface area (Å²) >= 11 is 0. The summed E-state index contributed by atoms with van der Waals surface area (Å²) < 4.78 is 38.0. The summed E-state index contributed by atoms with van der Waals surface area (Å²) in [5.41, 5.74) is 8.00. The highest BCUT2D eigenvalue weighted by molar-refractivity contribution is 5.51. The molecule has 2 N–H and O–H groups in total. The quantitative estimate of drug-likeness (QED) is 0.810. The molecule has 0 unspecified atom stereocenters. The molecule has 0 aliphatic heterocycles. The Balaban J connectivity index is 2.34. The highest BCUT2D eigenvalue weighted by Gasteiger charge is 2.30. The Morgan fingerprint density at radius 1 is 1.05 bits per heavy atom. The van der Waals surface area contributed by atoms with Crippen LogP contribution in [0.2, 0.25) is 0 Å². The molecule has 4 heteroatoms. The van der Waals surface area contributed by atoms with E-state index in [0.717, 1.165) is 23.3 Å². The molecule has 2 rings (SSSR count). The first-order valence-electron chi connectivity index (χ1n) is 5.87. The second kappa shape index (κ2) is 4.96. The number of benzene rings is 2. The highest BCUT2D eigenvalue weighted by atomic mass is 19.4. The first kappa shape index (κ1) is 13.5. The van der Waals surface area contributed by atoms with Gasteiger partial charge in [0.05, 0.1) is 5.56 Å². The van der Waals surface area contributed by atoms with Gasteiger partial charge in [0.25, 0.3) is 0 Å². The van der Waals surface area contributed by atoms with Gasteiger partial charge >= 0.3 is 6.18 Å². The Bertz CT molecular complexity index is 588. The molecule has 19 heavy (non-hydrogen) atoms. The van der Waals surface area contributed by atoms with Gasteiger partial charge in [-0.3, -0.25) is 0 Å². The standard InChI is InChI=1S/C15H14F3N/c1-10-3-2-4-11(7-10)8-12-9-13(15(16,17)18)5-6-14(12)19/h2-7,9H,8,19H2,1H3. The molecule has 1 nitrogen and oxygen atoms in total. The summed E-state index contributed by atoms with van der Waals surface area (Å²) in [5.74, 6) is 0. The van der Waals surface area contributed by atoms with Crippen LogP contribution in [0.5, 0.6) is 0 Å². The number of alkyl halides is 3. The Morgan fingerprint density at radius 3 is 2.42 bits per heavy atom. The Hall–Kier alpha value is -1.97. The zero-order valence-electron chi connectivity index (χ0n) is 10.5. The van der Waals surface area contributed by atoms with Crippen molar-refractivity contribution < 1.29 is 13.2 Å². The lowest BCUT2D eigenvalue weighted by Crippen LogP contribution is -2.07. The monoisotopic (exact) mass is 265 g/mol. The van der Waals surface area contributed by atoms with Crippen molar-refractivity contribution in [1.29, 1.82) is 0 Å². The van der Waals surface area contributed by atoms with Gasteiger partial charge in [-0.15, -0.1) is 0 Å². The molecule has 0 amide bonds. The van der Waals surface area contributed by atoms with Gasteiger partial charge in [-0.25, -0.2) is 0 Å². The Morgan fingerprint density at radius 2 is 1.79 bits per heavy atom. The van der Waals surface area contributed by atoms with Gasteiger partial charge in [0.2, 0.25) is 0 Å². The van der Waals surface area contributed by atoms with Gasteiger partial charge in [-0.05, 0) is 42.7 Å². The van der Waals surface area contributed by atoms with Crippen LogP contribution < -0.4 is 5.73 Å². The van der Waals surface area contributed by atoms with Gasteiger partial charge in [0, 0.05) is 5.69 Å². The minimum atomic E-state index is -4.34. The van der Waals surface area contributed by atoms with Gasteiger partial charge in [-0.1, -0.05) is 29.8 Å². The van der Waals surface area contributed by atoms with Gasteiger partial charge in [-0.2, -0.15) is 13.2 Å². The lowest BCUT2D eigenvalue weighted by molar-refractivity contribution is -0.137. The molecule has 2 aromatic rings. The van der Waals surface area contributed by atoms with E-state index in [-0.39, 0.29) is 0 Å². The summed E-state index contributed by atoms with van der Waals surface area (Å²) in [6, 6.07) is 11.1. The predicted octanol–water partition coefficient (Wildman–Crippen LogP) is 4.19. The second-order valence-corrected chi connectivity index (χ2v) is 4.58. The number of hydrogen-bond donors (Lipinski definition) is 1. The molecule has 0 radical (unpaired) electrons. The Kier molecular flexibility index (Phi) is 3.51. The molecule has 0 aliphatic rings. The number of anilines is 1. The largest absolute Gasteiger partial charge is 0.416 e. The molecule has 0 saturated carbocycles. The van der Waals surface area contributed by atoms with Crippen molar-refractivity contribution in [3.63, 3.8) is 0 Å². The van der Waals surface area contributed by atoms with E-state index < -0.39 is 11.7 Å². The molecule has 0 heterocycles. The summed E-state index contributed by atoms with van der Waals surface area (Å²) in [7, 11) is 0. The van der Waals surface area contributed by atoms with Crippen molar-refractivity contribution in [2.45, 2.75) is 19.5 Å². The van der Waals surface area contributed by atoms with Gasteiger partial charge < -0.3 is 5.73 Å². The zero-order valence-corrected chi connectivity index (χ0v) is 10.5. The van der Waals surface area contributed by atoms with Crippen molar-refractivity contribution in [2.75, 3.05) is 5.73 Å². The van der Waals surface area contributed by atoms with E-state index in [9.17, 15) is 13.2 Å². The van der Waals surface area contributed by atoms with E-state index in [1.54, 1.807) is 0 Å². The minimum Gasteiger partial charge on any atom is -0.398 e. The molecule has 0 spiro atoms. The van der Waals surface area contributed by atoms with Crippen molar-refractivity contribution in [3.05, 3.63) is 64.7 Å². The van der Waals surface area contributed by atoms with E-state index in [4.69, 9.17) is 5.73 Å². The van der Waals surface area contributed by atoms with Crippen LogP contribution in [0.25, 0.3) is 0 Å². The van der Waals surface area contributed by atoms with Crippen LogP contribution in [0.4, 0.5) is 18.9 Å². The third-order valence-corrected chi connectivity index (χ3v) is 2.95. The molecular weight excluding hydrogens is 251 g/mol. The SMILES string of the molecule is Cc1cccc(Cc2cc(C(F)(F)F)ccc2N)c1. The average molecular weight is 265 g/mol. The number of aryl methyl sites for hydroxylation is 1. The van der Waals surface area contributed by atoms with E-state index in [1.807, 2.05) is 31.2 Å². The number of rotatable bonds is 2. The van der Waals surface area contributed by atoms with E-state index in [0.29, 0.717) is 17.7 Å². The molecule has 100 valence electrons. The fourth-order valence-electron chi connectivity index (χ4n) is 1.98. The predicted molar refractivity (Wildman–Crippen MR) is 69.8 cm³/mol. The summed E-state index contributed by atoms with van der Waals surface area (Å²) in [6.45, 7) is 1.94. The van der Waals surface area contributed by atoms with Crippen molar-refractivity contribution in [3.8, 4) is 0 Å². The summed E-state index contributed by atoms with van der Waals surface area (Å²) in [5, 5.41) is 0. The van der Waals surface area contributed by atoms with E-state index in [1.165, 1.54) is 6.07 Å². The lowest BCUT2D eigenvalue weighted by Gasteiger charge is -2.11. The summed E-state index contributed by atoms with van der Waals surface area (Å²) in [6.07, 6.45) is -3.94. The molecule has 2 aromatic carbocycles. The molecule has 0 aromatic heterocycles. The van der Waals surface area contributed by atoms with Crippen molar-refractivity contribution >= 4 is 5.69 Å². The number of nitrogen functional groups attached to an aromatic ring is 1. The van der Waals surface area contributed by atoms with Gasteiger partial charge in [0.15, 0.2) is 0 Å². The topological polar surface area (TPSA) is 26.0 Å². The number of nitrogens with two attached hydrogens (primary N) is 1. The van der Waals surface area contributed by atoms with Crippen LogP contribution in [0, 0.1) is 6.92 Å². The van der Waals surface area contributed by atoms with Crippen LogP contribution in [-0.2, 0) is 12.6 Å². The number of halogens is 3. The molecular formula is C15H14F3N. The molecule has 0 bridgehead atoms. The average Bonchev–Trinajstić information content (AvgIpc) is 2.30. The van der Waals surface area contributed by atoms with Crippen molar-refractivity contribution in [1.82, 2.24) is 0 Å². The summed E-state index contributed by atoms with van der Waals surface area (Å²) in [4.78, 5) is 0. The third kappa shape index (κ3) is 3.28. The minimum absolute atomic E-state index is 0.384. The first-order chi connectivity index (χ1) is 8.86. The van der Waals surface area contributed by atoms with Crippen LogP contribution in [0.15, 0.2) is 42.5 Å². The molecule has 0 saturated heterocycles. The lowest BCUT2D eigenvalue weighted by atomic mass is 10.00. The van der Waals surface area contributed by atoms with Crippen molar-refractivity contribution in [2.24, 2.45) is 0 Å². The molecule has 0 fully saturated rings. The van der Waals surface area contributed by atoms with Crippen LogP contribution in [0.1, 0.15) is 22.3 Å². The fraction of sp³-hybridized carbons (Fsp3) is 0.200. The Labute approximate surface area is 109 Å². The molecule has 0 aliphatic carbocycles. The van der Waals surface area contributed by atoms with Crippen LogP contribution in [0.3, 0.4) is 0 Å². The van der Waals surface area contributed by atoms with E-state index >= 15 is 0 Å². The first-order valence-corrected chi connectivity index (χ1v) is 5.87. The maximum absolute atomic E-state index is 12.7. The third-order valence-electron chi connectivity index (χ3n) is 2.95.